The van der Waals surface area contributed by atoms with Gasteiger partial charge in [0.2, 0.25) is 0 Å². The van der Waals surface area contributed by atoms with Crippen LogP contribution in [0, 0.1) is 5.82 Å². The van der Waals surface area contributed by atoms with E-state index in [0.717, 1.165) is 0 Å². The Morgan fingerprint density at radius 1 is 0.900 bits per heavy atom. The number of carbonyl (C=O) groups is 1. The first-order chi connectivity index (χ1) is 14.5. The summed E-state index contributed by atoms with van der Waals surface area (Å²) in [7, 11) is 0. The maximum absolute atomic E-state index is 13.7. The molecule has 1 atom stereocenters. The highest BCUT2D eigenvalue weighted by molar-refractivity contribution is 6.05. The Labute approximate surface area is 173 Å². The number of urea groups is 1. The first-order valence-electron chi connectivity index (χ1n) is 9.27. The molecule has 0 aromatic heterocycles. The van der Waals surface area contributed by atoms with Gasteiger partial charge in [0.15, 0.2) is 0 Å². The molecule has 0 saturated heterocycles. The number of rotatable bonds is 5. The number of amides is 2. The van der Waals surface area contributed by atoms with Gasteiger partial charge in [0, 0.05) is 5.56 Å². The van der Waals surface area contributed by atoms with E-state index in [4.69, 9.17) is 0 Å². The minimum absolute atomic E-state index is 0.0516. The van der Waals surface area contributed by atoms with E-state index >= 15 is 0 Å². The van der Waals surface area contributed by atoms with Crippen molar-refractivity contribution in [2.75, 3.05) is 5.32 Å². The number of hydrogen-bond acceptors (Lipinski definition) is 4. The predicted molar refractivity (Wildman–Crippen MR) is 116 cm³/mol. The normalized spacial score (nSPS) is 12.9. The lowest BCUT2D eigenvalue weighted by atomic mass is 9.99. The first kappa shape index (κ1) is 20.9. The number of carbonyl (C=O) groups excluding carboxylic acids is 1. The number of para-hydroxylation sites is 1. The summed E-state index contributed by atoms with van der Waals surface area (Å²) in [6.45, 7) is 1.54. The fourth-order valence-corrected chi connectivity index (χ4v) is 2.71. The van der Waals surface area contributed by atoms with Gasteiger partial charge in [-0.1, -0.05) is 72.8 Å². The molecule has 7 heteroatoms. The highest BCUT2D eigenvalue weighted by Crippen LogP contribution is 2.19. The van der Waals surface area contributed by atoms with Crippen molar-refractivity contribution in [3.05, 3.63) is 102 Å². The van der Waals surface area contributed by atoms with Gasteiger partial charge >= 0.3 is 6.03 Å². The highest BCUT2D eigenvalue weighted by atomic mass is 19.1. The van der Waals surface area contributed by atoms with Gasteiger partial charge in [0.05, 0.1) is 5.69 Å². The van der Waals surface area contributed by atoms with Crippen molar-refractivity contribution >= 4 is 23.3 Å². The van der Waals surface area contributed by atoms with Crippen molar-refractivity contribution in [2.24, 2.45) is 10.2 Å². The van der Waals surface area contributed by atoms with Crippen LogP contribution in [0.1, 0.15) is 24.2 Å². The molecule has 30 heavy (non-hydrogen) atoms. The summed E-state index contributed by atoms with van der Waals surface area (Å²) >= 11 is 0. The third-order valence-corrected chi connectivity index (χ3v) is 4.17. The smallest absolute Gasteiger partial charge is 0.324 e. The Morgan fingerprint density at radius 3 is 2.17 bits per heavy atom. The summed E-state index contributed by atoms with van der Waals surface area (Å²) in [5.74, 6) is -0.366. The molecule has 0 heterocycles. The van der Waals surface area contributed by atoms with Crippen LogP contribution in [0.2, 0.25) is 0 Å². The van der Waals surface area contributed by atoms with Crippen LogP contribution in [0.25, 0.3) is 0 Å². The molecule has 0 radical (unpaired) electrons. The molecule has 3 rings (SSSR count). The quantitative estimate of drug-likeness (QED) is 0.332. The number of anilines is 1. The van der Waals surface area contributed by atoms with Gasteiger partial charge in [0.1, 0.15) is 23.5 Å². The van der Waals surface area contributed by atoms with Crippen molar-refractivity contribution < 1.29 is 14.3 Å². The van der Waals surface area contributed by atoms with Crippen LogP contribution in [0.4, 0.5) is 14.9 Å². The second-order valence-corrected chi connectivity index (χ2v) is 6.41. The van der Waals surface area contributed by atoms with Gasteiger partial charge in [-0.2, -0.15) is 5.10 Å². The monoisotopic (exact) mass is 404 g/mol. The van der Waals surface area contributed by atoms with Crippen molar-refractivity contribution in [2.45, 2.75) is 13.0 Å². The number of aliphatic hydroxyl groups excluding tert-OH is 1. The molecule has 3 aromatic carbocycles. The number of benzene rings is 3. The number of hydrogen-bond donors (Lipinski definition) is 3. The average Bonchev–Trinajstić information content (AvgIpc) is 2.76. The maximum atomic E-state index is 13.7. The molecule has 0 aliphatic heterocycles. The number of nitrogens with one attached hydrogen (secondary N) is 2. The zero-order valence-electron chi connectivity index (χ0n) is 16.3. The Hall–Kier alpha value is -3.84. The van der Waals surface area contributed by atoms with Crippen LogP contribution in [0.3, 0.4) is 0 Å². The van der Waals surface area contributed by atoms with E-state index in [0.29, 0.717) is 16.8 Å². The summed E-state index contributed by atoms with van der Waals surface area (Å²) in [6, 6.07) is 23.4. The van der Waals surface area contributed by atoms with Crippen molar-refractivity contribution in [3.8, 4) is 0 Å². The summed E-state index contributed by atoms with van der Waals surface area (Å²) in [4.78, 5) is 12.1. The van der Waals surface area contributed by atoms with Crippen LogP contribution in [-0.2, 0) is 0 Å². The molecule has 152 valence electrons. The fraction of sp³-hybridized carbons (Fsp3) is 0.0870. The van der Waals surface area contributed by atoms with E-state index in [2.05, 4.69) is 20.8 Å². The lowest BCUT2D eigenvalue weighted by Crippen LogP contribution is -2.33. The number of amidine groups is 1. The Kier molecular flexibility index (Phi) is 7.02. The van der Waals surface area contributed by atoms with Gasteiger partial charge in [0.25, 0.3) is 0 Å². The zero-order valence-corrected chi connectivity index (χ0v) is 16.3. The SMILES string of the molecule is C/C(=N\N=C(/c1ccccc1)C(O)c1ccccc1)NC(=O)Nc1ccccc1F. The average molecular weight is 404 g/mol. The topological polar surface area (TPSA) is 86.1 Å². The van der Waals surface area contributed by atoms with E-state index in [1.54, 1.807) is 25.1 Å². The molecule has 0 aliphatic rings. The largest absolute Gasteiger partial charge is 0.382 e. The predicted octanol–water partition coefficient (Wildman–Crippen LogP) is 4.50. The molecule has 2 amide bonds. The molecule has 0 fully saturated rings. The zero-order chi connectivity index (χ0) is 21.3. The molecule has 3 N–H and O–H groups in total. The Bertz CT molecular complexity index is 1050. The van der Waals surface area contributed by atoms with Gasteiger partial charge in [-0.05, 0) is 24.6 Å². The van der Waals surface area contributed by atoms with Crippen molar-refractivity contribution in [3.63, 3.8) is 0 Å². The molecule has 0 bridgehead atoms. The molecular weight excluding hydrogens is 383 g/mol. The molecule has 3 aromatic rings. The van der Waals surface area contributed by atoms with Crippen LogP contribution in [-0.4, -0.2) is 22.7 Å². The number of halogens is 1. The summed E-state index contributed by atoms with van der Waals surface area (Å²) in [6.07, 6.45) is -1.00. The minimum Gasteiger partial charge on any atom is -0.382 e. The summed E-state index contributed by atoms with van der Waals surface area (Å²) < 4.78 is 13.7. The lowest BCUT2D eigenvalue weighted by Gasteiger charge is -2.14. The molecule has 0 spiro atoms. The summed E-state index contributed by atoms with van der Waals surface area (Å²) in [5, 5.41) is 23.9. The fourth-order valence-electron chi connectivity index (χ4n) is 2.71. The second-order valence-electron chi connectivity index (χ2n) is 6.41. The van der Waals surface area contributed by atoms with Gasteiger partial charge < -0.3 is 10.4 Å². The molecular formula is C23H21FN4O2. The van der Waals surface area contributed by atoms with Crippen molar-refractivity contribution in [1.29, 1.82) is 0 Å². The van der Waals surface area contributed by atoms with Gasteiger partial charge in [-0.3, -0.25) is 5.32 Å². The third-order valence-electron chi connectivity index (χ3n) is 4.17. The highest BCUT2D eigenvalue weighted by Gasteiger charge is 2.17. The second kappa shape index (κ2) is 10.1. The van der Waals surface area contributed by atoms with Gasteiger partial charge in [-0.15, -0.1) is 5.10 Å². The maximum Gasteiger partial charge on any atom is 0.324 e. The standard InChI is InChI=1S/C23H21FN4O2/c1-16(25-23(30)26-20-15-9-8-14-19(20)24)27-28-21(17-10-4-2-5-11-17)22(29)18-12-6-3-7-13-18/h2-15,22,29H,1H3,(H2,25,26,27,30)/b28-21+. The van der Waals surface area contributed by atoms with E-state index in [1.807, 2.05) is 48.5 Å². The van der Waals surface area contributed by atoms with Crippen LogP contribution in [0.15, 0.2) is 95.1 Å². The molecule has 0 aliphatic carbocycles. The van der Waals surface area contributed by atoms with Crippen molar-refractivity contribution in [1.82, 2.24) is 5.32 Å². The van der Waals surface area contributed by atoms with Crippen LogP contribution < -0.4 is 10.6 Å². The first-order valence-corrected chi connectivity index (χ1v) is 9.27. The molecule has 0 saturated carbocycles. The Balaban J connectivity index is 1.79. The molecule has 6 nitrogen and oxygen atoms in total. The number of nitrogens with zero attached hydrogens (tertiary/aromatic N) is 2. The van der Waals surface area contributed by atoms with E-state index in [-0.39, 0.29) is 11.5 Å². The lowest BCUT2D eigenvalue weighted by molar-refractivity contribution is 0.247. The van der Waals surface area contributed by atoms with Gasteiger partial charge in [-0.25, -0.2) is 9.18 Å². The number of aliphatic hydroxyl groups is 1. The summed E-state index contributed by atoms with van der Waals surface area (Å²) in [5.41, 5.74) is 1.74. The Morgan fingerprint density at radius 2 is 1.50 bits per heavy atom. The minimum atomic E-state index is -1.00. The van der Waals surface area contributed by atoms with Crippen LogP contribution in [0.5, 0.6) is 0 Å². The van der Waals surface area contributed by atoms with Crippen LogP contribution >= 0.6 is 0 Å². The molecule has 1 unspecified atom stereocenters. The third kappa shape index (κ3) is 5.59. The van der Waals surface area contributed by atoms with E-state index < -0.39 is 18.0 Å². The van der Waals surface area contributed by atoms with E-state index in [9.17, 15) is 14.3 Å². The van der Waals surface area contributed by atoms with E-state index in [1.165, 1.54) is 18.2 Å².